The Morgan fingerprint density at radius 2 is 2.05 bits per heavy atom. The third kappa shape index (κ3) is 5.82. The van der Waals surface area contributed by atoms with Crippen molar-refractivity contribution in [1.82, 2.24) is 4.98 Å². The number of halogens is 3. The van der Waals surface area contributed by atoms with Gasteiger partial charge in [0.05, 0.1) is 0 Å². The van der Waals surface area contributed by atoms with E-state index in [1.54, 1.807) is 0 Å². The Morgan fingerprint density at radius 1 is 1.37 bits per heavy atom. The maximum atomic E-state index is 11.7. The fourth-order valence-corrected chi connectivity index (χ4v) is 1.06. The molecule has 0 aliphatic rings. The molecule has 1 rings (SSSR count). The lowest BCUT2D eigenvalue weighted by Crippen LogP contribution is -2.24. The van der Waals surface area contributed by atoms with Gasteiger partial charge in [-0.25, -0.2) is 9.78 Å². The summed E-state index contributed by atoms with van der Waals surface area (Å²) < 4.78 is 39.3. The van der Waals surface area contributed by atoms with E-state index in [1.807, 2.05) is 0 Å². The van der Waals surface area contributed by atoms with Crippen molar-refractivity contribution in [2.75, 3.05) is 18.5 Å². The monoisotopic (exact) mass is 278 g/mol. The van der Waals surface area contributed by atoms with Gasteiger partial charge in [0.2, 0.25) is 0 Å². The summed E-state index contributed by atoms with van der Waals surface area (Å²) in [7, 11) is 0. The number of carboxylic acid groups (broad SMARTS) is 1. The van der Waals surface area contributed by atoms with Crippen LogP contribution in [0.15, 0.2) is 18.2 Å². The maximum absolute atomic E-state index is 11.7. The molecule has 1 aromatic rings. The number of ether oxygens (including phenoxy) is 1. The number of amides is 1. The van der Waals surface area contributed by atoms with Crippen LogP contribution in [0.2, 0.25) is 0 Å². The van der Waals surface area contributed by atoms with Crippen molar-refractivity contribution in [2.24, 2.45) is 0 Å². The molecular formula is C10H9F3N2O4. The van der Waals surface area contributed by atoms with Crippen molar-refractivity contribution in [1.29, 1.82) is 0 Å². The third-order valence-corrected chi connectivity index (χ3v) is 1.73. The number of rotatable bonds is 5. The molecule has 0 radical (unpaired) electrons. The Balaban J connectivity index is 2.48. The number of pyridine rings is 1. The molecule has 0 aliphatic heterocycles. The second kappa shape index (κ2) is 6.14. The smallest absolute Gasteiger partial charge is 0.411 e. The lowest BCUT2D eigenvalue weighted by molar-refractivity contribution is -0.174. The summed E-state index contributed by atoms with van der Waals surface area (Å²) in [6.45, 7) is -2.35. The van der Waals surface area contributed by atoms with Gasteiger partial charge in [0.15, 0.2) is 5.69 Å². The molecule has 0 saturated heterocycles. The average Bonchev–Trinajstić information content (AvgIpc) is 2.27. The zero-order chi connectivity index (χ0) is 14.5. The van der Waals surface area contributed by atoms with Crippen LogP contribution in [-0.2, 0) is 9.53 Å². The SMILES string of the molecule is O=C(COCC(F)(F)F)Nc1cccc(C(=O)O)n1. The van der Waals surface area contributed by atoms with Crippen molar-refractivity contribution in [3.05, 3.63) is 23.9 Å². The Kier molecular flexibility index (Phi) is 4.81. The van der Waals surface area contributed by atoms with E-state index in [1.165, 1.54) is 18.2 Å². The summed E-state index contributed by atoms with van der Waals surface area (Å²) in [5.41, 5.74) is -0.297. The molecule has 1 heterocycles. The number of carboxylic acids is 1. The second-order valence-corrected chi connectivity index (χ2v) is 3.37. The highest BCUT2D eigenvalue weighted by Gasteiger charge is 2.27. The minimum absolute atomic E-state index is 0.0829. The molecule has 6 nitrogen and oxygen atoms in total. The zero-order valence-electron chi connectivity index (χ0n) is 9.40. The Hall–Kier alpha value is -2.16. The maximum Gasteiger partial charge on any atom is 0.411 e. The molecule has 1 amide bonds. The van der Waals surface area contributed by atoms with Crippen LogP contribution in [0.5, 0.6) is 0 Å². The van der Waals surface area contributed by atoms with E-state index in [9.17, 15) is 22.8 Å². The predicted octanol–water partition coefficient (Wildman–Crippen LogP) is 1.30. The van der Waals surface area contributed by atoms with Gasteiger partial charge in [0.1, 0.15) is 19.0 Å². The van der Waals surface area contributed by atoms with Crippen molar-refractivity contribution in [3.63, 3.8) is 0 Å². The van der Waals surface area contributed by atoms with Gasteiger partial charge >= 0.3 is 12.1 Å². The fraction of sp³-hybridized carbons (Fsp3) is 0.300. The van der Waals surface area contributed by atoms with Crippen LogP contribution in [0.1, 0.15) is 10.5 Å². The van der Waals surface area contributed by atoms with Gasteiger partial charge in [-0.05, 0) is 12.1 Å². The molecule has 0 bridgehead atoms. The molecule has 0 aromatic carbocycles. The summed E-state index contributed by atoms with van der Waals surface area (Å²) in [4.78, 5) is 25.3. The van der Waals surface area contributed by atoms with Crippen LogP contribution in [0.25, 0.3) is 0 Å². The van der Waals surface area contributed by atoms with Crippen molar-refractivity contribution < 1.29 is 32.6 Å². The van der Waals surface area contributed by atoms with E-state index in [0.29, 0.717) is 0 Å². The topological polar surface area (TPSA) is 88.5 Å². The lowest BCUT2D eigenvalue weighted by atomic mass is 10.3. The molecule has 1 aromatic heterocycles. The average molecular weight is 278 g/mol. The summed E-state index contributed by atoms with van der Waals surface area (Å²) in [5, 5.41) is 10.8. The van der Waals surface area contributed by atoms with E-state index in [2.05, 4.69) is 15.0 Å². The third-order valence-electron chi connectivity index (χ3n) is 1.73. The van der Waals surface area contributed by atoms with Crippen LogP contribution >= 0.6 is 0 Å². The Bertz CT molecular complexity index is 476. The number of nitrogens with zero attached hydrogens (tertiary/aromatic N) is 1. The van der Waals surface area contributed by atoms with Gasteiger partial charge in [-0.1, -0.05) is 6.07 Å². The fourth-order valence-electron chi connectivity index (χ4n) is 1.06. The first-order valence-corrected chi connectivity index (χ1v) is 4.92. The molecule has 2 N–H and O–H groups in total. The molecule has 19 heavy (non-hydrogen) atoms. The van der Waals surface area contributed by atoms with Gasteiger partial charge in [0, 0.05) is 0 Å². The van der Waals surface area contributed by atoms with E-state index in [-0.39, 0.29) is 11.5 Å². The highest BCUT2D eigenvalue weighted by molar-refractivity contribution is 5.92. The highest BCUT2D eigenvalue weighted by Crippen LogP contribution is 2.14. The molecule has 0 unspecified atom stereocenters. The first-order valence-electron chi connectivity index (χ1n) is 4.92. The number of carbonyl (C=O) groups excluding carboxylic acids is 1. The van der Waals surface area contributed by atoms with Gasteiger partial charge in [0.25, 0.3) is 5.91 Å². The number of hydrogen-bond donors (Lipinski definition) is 2. The molecule has 0 saturated carbocycles. The molecular weight excluding hydrogens is 269 g/mol. The molecule has 0 aliphatic carbocycles. The van der Waals surface area contributed by atoms with Gasteiger partial charge in [-0.2, -0.15) is 13.2 Å². The largest absolute Gasteiger partial charge is 0.477 e. The van der Waals surface area contributed by atoms with E-state index in [0.717, 1.165) is 0 Å². The Morgan fingerprint density at radius 3 is 2.63 bits per heavy atom. The standard InChI is InChI=1S/C10H9F3N2O4/c11-10(12,13)5-19-4-8(16)15-7-3-1-2-6(14-7)9(17)18/h1-3H,4-5H2,(H,17,18)(H,14,15,16). The highest BCUT2D eigenvalue weighted by atomic mass is 19.4. The Labute approximate surface area is 105 Å². The van der Waals surface area contributed by atoms with Crippen molar-refractivity contribution in [3.8, 4) is 0 Å². The number of alkyl halides is 3. The zero-order valence-corrected chi connectivity index (χ0v) is 9.40. The minimum atomic E-state index is -4.51. The number of nitrogens with one attached hydrogen (secondary N) is 1. The molecule has 9 heteroatoms. The molecule has 0 spiro atoms. The van der Waals surface area contributed by atoms with Crippen LogP contribution < -0.4 is 5.32 Å². The first-order chi connectivity index (χ1) is 8.78. The van der Waals surface area contributed by atoms with E-state index >= 15 is 0 Å². The summed E-state index contributed by atoms with van der Waals surface area (Å²) in [6.07, 6.45) is -4.51. The van der Waals surface area contributed by atoms with Gasteiger partial charge in [-0.3, -0.25) is 4.79 Å². The molecule has 0 fully saturated rings. The van der Waals surface area contributed by atoms with Gasteiger partial charge < -0.3 is 15.2 Å². The number of anilines is 1. The normalized spacial score (nSPS) is 11.1. The number of aromatic nitrogens is 1. The molecule has 0 atom stereocenters. The predicted molar refractivity (Wildman–Crippen MR) is 56.7 cm³/mol. The van der Waals surface area contributed by atoms with E-state index in [4.69, 9.17) is 5.11 Å². The van der Waals surface area contributed by atoms with Crippen LogP contribution in [0.3, 0.4) is 0 Å². The van der Waals surface area contributed by atoms with Crippen LogP contribution in [-0.4, -0.2) is 41.4 Å². The lowest BCUT2D eigenvalue weighted by Gasteiger charge is -2.08. The minimum Gasteiger partial charge on any atom is -0.477 e. The summed E-state index contributed by atoms with van der Waals surface area (Å²) in [5.74, 6) is -2.23. The van der Waals surface area contributed by atoms with E-state index < -0.39 is 31.3 Å². The summed E-state index contributed by atoms with van der Waals surface area (Å²) >= 11 is 0. The van der Waals surface area contributed by atoms with Crippen molar-refractivity contribution >= 4 is 17.7 Å². The second-order valence-electron chi connectivity index (χ2n) is 3.37. The number of carbonyl (C=O) groups is 2. The first kappa shape index (κ1) is 14.9. The number of aromatic carboxylic acids is 1. The van der Waals surface area contributed by atoms with Crippen molar-refractivity contribution in [2.45, 2.75) is 6.18 Å². The quantitative estimate of drug-likeness (QED) is 0.847. The van der Waals surface area contributed by atoms with Crippen LogP contribution in [0.4, 0.5) is 19.0 Å². The number of hydrogen-bond acceptors (Lipinski definition) is 4. The summed E-state index contributed by atoms with van der Waals surface area (Å²) in [6, 6.07) is 3.84. The molecule has 104 valence electrons. The van der Waals surface area contributed by atoms with Crippen LogP contribution in [0, 0.1) is 0 Å². The van der Waals surface area contributed by atoms with Gasteiger partial charge in [-0.15, -0.1) is 0 Å².